The molecule has 0 amide bonds. The minimum atomic E-state index is 0.512. The van der Waals surface area contributed by atoms with Crippen LogP contribution in [0.1, 0.15) is 24.6 Å². The molecule has 5 nitrogen and oxygen atoms in total. The van der Waals surface area contributed by atoms with Gasteiger partial charge in [-0.05, 0) is 19.4 Å². The maximum Gasteiger partial charge on any atom is 0.137 e. The summed E-state index contributed by atoms with van der Waals surface area (Å²) < 4.78 is 7.16. The fraction of sp³-hybridized carbons (Fsp3) is 0.800. The van der Waals surface area contributed by atoms with E-state index in [1.165, 1.54) is 12.8 Å². The molecule has 2 heterocycles. The van der Waals surface area contributed by atoms with Gasteiger partial charge in [-0.3, -0.25) is 0 Å². The second kappa shape index (κ2) is 5.23. The Kier molecular flexibility index (Phi) is 3.69. The minimum Gasteiger partial charge on any atom is -0.383 e. The molecular formula is C10H18N4O. The quantitative estimate of drug-likeness (QED) is 0.781. The van der Waals surface area contributed by atoms with Crippen LogP contribution in [-0.4, -0.2) is 41.6 Å². The zero-order valence-electron chi connectivity index (χ0n) is 9.15. The van der Waals surface area contributed by atoms with E-state index >= 15 is 0 Å². The molecule has 1 aromatic rings. The van der Waals surface area contributed by atoms with Crippen LogP contribution in [0.2, 0.25) is 0 Å². The Labute approximate surface area is 89.8 Å². The van der Waals surface area contributed by atoms with Crippen molar-refractivity contribution in [2.24, 2.45) is 0 Å². The highest BCUT2D eigenvalue weighted by Crippen LogP contribution is 2.20. The van der Waals surface area contributed by atoms with Gasteiger partial charge in [0.15, 0.2) is 0 Å². The van der Waals surface area contributed by atoms with Gasteiger partial charge in [-0.25, -0.2) is 0 Å². The minimum absolute atomic E-state index is 0.512. The molecule has 0 aromatic carbocycles. The van der Waals surface area contributed by atoms with Gasteiger partial charge in [0.2, 0.25) is 0 Å². The maximum atomic E-state index is 5.07. The van der Waals surface area contributed by atoms with Gasteiger partial charge in [-0.1, -0.05) is 0 Å². The number of piperidine rings is 1. The fourth-order valence-electron chi connectivity index (χ4n) is 2.01. The molecule has 1 atom stereocenters. The smallest absolute Gasteiger partial charge is 0.137 e. The molecule has 0 radical (unpaired) electrons. The molecule has 1 aliphatic rings. The first-order valence-electron chi connectivity index (χ1n) is 5.49. The number of methoxy groups -OCH3 is 1. The van der Waals surface area contributed by atoms with E-state index in [0.717, 1.165) is 25.5 Å². The molecule has 0 saturated carbocycles. The molecule has 1 unspecified atom stereocenters. The number of nitrogens with one attached hydrogen (secondary N) is 1. The molecule has 0 spiro atoms. The molecule has 1 fully saturated rings. The number of hydrogen-bond donors (Lipinski definition) is 1. The third-order valence-corrected chi connectivity index (χ3v) is 2.84. The molecule has 15 heavy (non-hydrogen) atoms. The van der Waals surface area contributed by atoms with E-state index < -0.39 is 0 Å². The lowest BCUT2D eigenvalue weighted by Gasteiger charge is -2.22. The molecule has 0 bridgehead atoms. The summed E-state index contributed by atoms with van der Waals surface area (Å²) in [7, 11) is 1.71. The molecule has 84 valence electrons. The Bertz CT molecular complexity index is 293. The lowest BCUT2D eigenvalue weighted by Crippen LogP contribution is -2.30. The summed E-state index contributed by atoms with van der Waals surface area (Å²) in [6, 6.07) is 0. The van der Waals surface area contributed by atoms with E-state index in [-0.39, 0.29) is 0 Å². The van der Waals surface area contributed by atoms with Gasteiger partial charge in [0.1, 0.15) is 12.2 Å². The van der Waals surface area contributed by atoms with Crippen molar-refractivity contribution in [2.45, 2.75) is 25.3 Å². The Morgan fingerprint density at radius 2 is 2.60 bits per heavy atom. The van der Waals surface area contributed by atoms with E-state index in [9.17, 15) is 0 Å². The van der Waals surface area contributed by atoms with Crippen LogP contribution in [0.4, 0.5) is 0 Å². The van der Waals surface area contributed by atoms with Gasteiger partial charge in [-0.15, -0.1) is 10.2 Å². The molecule has 5 heteroatoms. The highest BCUT2D eigenvalue weighted by atomic mass is 16.5. The van der Waals surface area contributed by atoms with E-state index in [1.807, 2.05) is 0 Å². The first-order valence-corrected chi connectivity index (χ1v) is 5.49. The largest absolute Gasteiger partial charge is 0.383 e. The zero-order valence-corrected chi connectivity index (χ0v) is 9.15. The van der Waals surface area contributed by atoms with Crippen LogP contribution in [0.25, 0.3) is 0 Å². The third-order valence-electron chi connectivity index (χ3n) is 2.84. The average Bonchev–Trinajstić information content (AvgIpc) is 2.75. The predicted molar refractivity (Wildman–Crippen MR) is 56.7 cm³/mol. The normalized spacial score (nSPS) is 21.8. The van der Waals surface area contributed by atoms with E-state index in [4.69, 9.17) is 4.74 Å². The maximum absolute atomic E-state index is 5.07. The Balaban J connectivity index is 2.02. The molecule has 1 saturated heterocycles. The zero-order chi connectivity index (χ0) is 10.5. The highest BCUT2D eigenvalue weighted by Gasteiger charge is 2.20. The molecule has 1 aliphatic heterocycles. The summed E-state index contributed by atoms with van der Waals surface area (Å²) >= 11 is 0. The van der Waals surface area contributed by atoms with Crippen molar-refractivity contribution in [1.29, 1.82) is 0 Å². The predicted octanol–water partition coefficient (Wildman–Crippen LogP) is 0.391. The fourth-order valence-corrected chi connectivity index (χ4v) is 2.01. The summed E-state index contributed by atoms with van der Waals surface area (Å²) in [4.78, 5) is 0. The van der Waals surface area contributed by atoms with Crippen molar-refractivity contribution < 1.29 is 4.74 Å². The van der Waals surface area contributed by atoms with Crippen molar-refractivity contribution in [3.8, 4) is 0 Å². The van der Waals surface area contributed by atoms with Crippen molar-refractivity contribution in [2.75, 3.05) is 26.8 Å². The van der Waals surface area contributed by atoms with Crippen molar-refractivity contribution in [1.82, 2.24) is 20.1 Å². The first-order chi connectivity index (χ1) is 7.42. The van der Waals surface area contributed by atoms with Crippen LogP contribution >= 0.6 is 0 Å². The second-order valence-corrected chi connectivity index (χ2v) is 3.92. The van der Waals surface area contributed by atoms with Crippen LogP contribution in [0.5, 0.6) is 0 Å². The molecular weight excluding hydrogens is 192 g/mol. The van der Waals surface area contributed by atoms with Gasteiger partial charge in [0.25, 0.3) is 0 Å². The molecule has 0 aliphatic carbocycles. The summed E-state index contributed by atoms with van der Waals surface area (Å²) in [5.74, 6) is 1.61. The van der Waals surface area contributed by atoms with E-state index in [1.54, 1.807) is 13.4 Å². The monoisotopic (exact) mass is 210 g/mol. The van der Waals surface area contributed by atoms with Crippen molar-refractivity contribution in [3.63, 3.8) is 0 Å². The average molecular weight is 210 g/mol. The van der Waals surface area contributed by atoms with Crippen LogP contribution in [0.15, 0.2) is 6.33 Å². The number of nitrogens with zero attached hydrogens (tertiary/aromatic N) is 3. The highest BCUT2D eigenvalue weighted by molar-refractivity contribution is 4.99. The Morgan fingerprint density at radius 3 is 3.33 bits per heavy atom. The van der Waals surface area contributed by atoms with Gasteiger partial charge in [0, 0.05) is 26.1 Å². The standard InChI is InChI=1S/C10H18N4O/c1-15-6-5-14-8-12-13-10(14)9-3-2-4-11-7-9/h8-9,11H,2-7H2,1H3. The summed E-state index contributed by atoms with van der Waals surface area (Å²) in [6.07, 6.45) is 4.23. The van der Waals surface area contributed by atoms with Crippen LogP contribution in [0, 0.1) is 0 Å². The second-order valence-electron chi connectivity index (χ2n) is 3.92. The summed E-state index contributed by atoms with van der Waals surface area (Å²) in [5, 5.41) is 11.6. The number of aromatic nitrogens is 3. The number of rotatable bonds is 4. The summed E-state index contributed by atoms with van der Waals surface area (Å²) in [6.45, 7) is 3.70. The van der Waals surface area contributed by atoms with Crippen molar-refractivity contribution in [3.05, 3.63) is 12.2 Å². The Morgan fingerprint density at radius 1 is 1.67 bits per heavy atom. The van der Waals surface area contributed by atoms with Crippen LogP contribution in [-0.2, 0) is 11.3 Å². The van der Waals surface area contributed by atoms with Gasteiger partial charge in [-0.2, -0.15) is 0 Å². The lowest BCUT2D eigenvalue weighted by molar-refractivity contribution is 0.185. The van der Waals surface area contributed by atoms with Crippen LogP contribution < -0.4 is 5.32 Å². The number of hydrogen-bond acceptors (Lipinski definition) is 4. The number of ether oxygens (including phenoxy) is 1. The molecule has 2 rings (SSSR count). The van der Waals surface area contributed by atoms with Gasteiger partial charge < -0.3 is 14.6 Å². The Hall–Kier alpha value is -0.940. The summed E-state index contributed by atoms with van der Waals surface area (Å²) in [5.41, 5.74) is 0. The van der Waals surface area contributed by atoms with E-state index in [0.29, 0.717) is 12.5 Å². The van der Waals surface area contributed by atoms with Gasteiger partial charge >= 0.3 is 0 Å². The van der Waals surface area contributed by atoms with Gasteiger partial charge in [0.05, 0.1) is 6.61 Å². The molecule has 1 N–H and O–H groups in total. The first kappa shape index (κ1) is 10.6. The van der Waals surface area contributed by atoms with E-state index in [2.05, 4.69) is 20.1 Å². The lowest BCUT2D eigenvalue weighted by atomic mass is 9.99. The SMILES string of the molecule is COCCn1cnnc1C1CCCNC1. The third kappa shape index (κ3) is 2.54. The topological polar surface area (TPSA) is 52.0 Å². The molecule has 1 aromatic heterocycles. The van der Waals surface area contributed by atoms with Crippen molar-refractivity contribution >= 4 is 0 Å². The van der Waals surface area contributed by atoms with Crippen LogP contribution in [0.3, 0.4) is 0 Å².